The predicted octanol–water partition coefficient (Wildman–Crippen LogP) is 3.60. The highest BCUT2D eigenvalue weighted by Gasteiger charge is 2.13. The number of halogens is 2. The normalized spacial score (nSPS) is 11.9. The van der Waals surface area contributed by atoms with Crippen LogP contribution in [-0.4, -0.2) is 57.4 Å². The maximum absolute atomic E-state index is 14.0. The van der Waals surface area contributed by atoms with Crippen molar-refractivity contribution in [1.82, 2.24) is 10.2 Å². The average molecular weight is 547 g/mol. The third kappa shape index (κ3) is 7.73. The van der Waals surface area contributed by atoms with Crippen LogP contribution in [0.3, 0.4) is 0 Å². The van der Waals surface area contributed by atoms with E-state index in [2.05, 4.69) is 10.3 Å². The predicted molar refractivity (Wildman–Crippen MR) is 130 cm³/mol. The number of nitrogens with zero attached hydrogens (tertiary/aromatic N) is 2. The lowest BCUT2D eigenvalue weighted by Crippen LogP contribution is -2.38. The van der Waals surface area contributed by atoms with E-state index in [1.54, 1.807) is 44.6 Å². The van der Waals surface area contributed by atoms with Crippen LogP contribution in [0.25, 0.3) is 0 Å². The molecular weight excluding hydrogens is 516 g/mol. The second kappa shape index (κ2) is 13.2. The minimum atomic E-state index is -0.838. The second-order valence-electron chi connectivity index (χ2n) is 6.68. The Labute approximate surface area is 200 Å². The summed E-state index contributed by atoms with van der Waals surface area (Å²) < 4.78 is 29.4. The number of benzene rings is 2. The number of aliphatic imine (C=N–C) groups is 1. The fraction of sp³-hybridized carbons (Fsp3) is 0.409. The zero-order valence-corrected chi connectivity index (χ0v) is 20.8. The van der Waals surface area contributed by atoms with Gasteiger partial charge in [0.2, 0.25) is 0 Å². The molecule has 1 unspecified atom stereocenters. The van der Waals surface area contributed by atoms with Gasteiger partial charge in [0.05, 0.1) is 34.0 Å². The second-order valence-corrected chi connectivity index (χ2v) is 6.68. The number of ether oxygens (including phenoxy) is 3. The molecule has 172 valence electrons. The van der Waals surface area contributed by atoms with Gasteiger partial charge in [0.25, 0.3) is 0 Å². The van der Waals surface area contributed by atoms with E-state index in [1.165, 1.54) is 13.2 Å². The van der Waals surface area contributed by atoms with Gasteiger partial charge in [0.1, 0.15) is 11.5 Å². The van der Waals surface area contributed by atoms with Gasteiger partial charge in [-0.25, -0.2) is 4.39 Å². The molecule has 1 atom stereocenters. The number of rotatable bonds is 9. The first-order valence-corrected chi connectivity index (χ1v) is 9.64. The lowest BCUT2D eigenvalue weighted by Gasteiger charge is -2.23. The summed E-state index contributed by atoms with van der Waals surface area (Å²) in [5, 5.41) is 13.8. The van der Waals surface area contributed by atoms with Crippen molar-refractivity contribution >= 4 is 29.9 Å². The summed E-state index contributed by atoms with van der Waals surface area (Å²) >= 11 is 0. The minimum absolute atomic E-state index is 0. The van der Waals surface area contributed by atoms with Crippen LogP contribution in [0.5, 0.6) is 17.2 Å². The highest BCUT2D eigenvalue weighted by atomic mass is 127. The molecule has 0 saturated heterocycles. The van der Waals surface area contributed by atoms with Gasteiger partial charge in [-0.2, -0.15) is 0 Å². The molecule has 0 aliphatic carbocycles. The molecule has 0 fully saturated rings. The number of guanidine groups is 1. The molecule has 0 heterocycles. The van der Waals surface area contributed by atoms with Gasteiger partial charge in [-0.1, -0.05) is 6.07 Å². The number of methoxy groups -OCH3 is 3. The van der Waals surface area contributed by atoms with E-state index in [0.29, 0.717) is 36.1 Å². The number of aliphatic hydroxyl groups excluding tert-OH is 1. The molecule has 0 spiro atoms. The molecule has 0 aromatic heterocycles. The highest BCUT2D eigenvalue weighted by molar-refractivity contribution is 14.0. The van der Waals surface area contributed by atoms with Crippen LogP contribution in [0.1, 0.15) is 24.2 Å². The maximum Gasteiger partial charge on any atom is 0.194 e. The van der Waals surface area contributed by atoms with E-state index in [9.17, 15) is 9.50 Å². The van der Waals surface area contributed by atoms with Gasteiger partial charge in [0, 0.05) is 26.2 Å². The monoisotopic (exact) mass is 547 g/mol. The van der Waals surface area contributed by atoms with Crippen LogP contribution in [0.4, 0.5) is 4.39 Å². The molecule has 2 N–H and O–H groups in total. The first kappa shape index (κ1) is 26.8. The highest BCUT2D eigenvalue weighted by Crippen LogP contribution is 2.26. The Hall–Kier alpha value is -2.27. The zero-order chi connectivity index (χ0) is 22.1. The lowest BCUT2D eigenvalue weighted by molar-refractivity contribution is 0.185. The zero-order valence-electron chi connectivity index (χ0n) is 18.5. The van der Waals surface area contributed by atoms with Gasteiger partial charge in [-0.15, -0.1) is 24.0 Å². The number of aliphatic hydroxyl groups is 1. The standard InChI is InChI=1S/C22H30FN3O4.HI/c1-6-24-22(26(2)14-15-7-8-21(30-5)19(23)9-15)25-13-20(27)16-10-17(28-3)12-18(11-16)29-4;/h7-12,20,27H,6,13-14H2,1-5H3,(H,24,25);1H. The third-order valence-electron chi connectivity index (χ3n) is 4.50. The molecular formula is C22H31FIN3O4. The molecule has 2 aromatic carbocycles. The molecule has 2 rings (SSSR count). The topological polar surface area (TPSA) is 75.6 Å². The molecule has 0 aliphatic rings. The van der Waals surface area contributed by atoms with Crippen molar-refractivity contribution in [2.45, 2.75) is 19.6 Å². The van der Waals surface area contributed by atoms with E-state index in [1.807, 2.05) is 18.9 Å². The van der Waals surface area contributed by atoms with Crippen LogP contribution >= 0.6 is 24.0 Å². The Morgan fingerprint density at radius 2 is 1.74 bits per heavy atom. The summed E-state index contributed by atoms with van der Waals surface area (Å²) in [7, 11) is 6.40. The number of hydrogen-bond donors (Lipinski definition) is 2. The van der Waals surface area contributed by atoms with Crippen molar-refractivity contribution in [2.75, 3.05) is 41.5 Å². The Morgan fingerprint density at radius 1 is 1.10 bits per heavy atom. The number of nitrogens with one attached hydrogen (secondary N) is 1. The largest absolute Gasteiger partial charge is 0.497 e. The molecule has 2 aromatic rings. The molecule has 0 bridgehead atoms. The molecule has 0 radical (unpaired) electrons. The van der Waals surface area contributed by atoms with Crippen LogP contribution < -0.4 is 19.5 Å². The van der Waals surface area contributed by atoms with Crippen LogP contribution in [-0.2, 0) is 6.54 Å². The fourth-order valence-electron chi connectivity index (χ4n) is 2.93. The van der Waals surface area contributed by atoms with Gasteiger partial charge in [0.15, 0.2) is 17.5 Å². The summed E-state index contributed by atoms with van der Waals surface area (Å²) in [6.45, 7) is 3.19. The third-order valence-corrected chi connectivity index (χ3v) is 4.50. The van der Waals surface area contributed by atoms with E-state index in [4.69, 9.17) is 14.2 Å². The van der Waals surface area contributed by atoms with E-state index in [-0.39, 0.29) is 36.3 Å². The van der Waals surface area contributed by atoms with Crippen molar-refractivity contribution in [3.8, 4) is 17.2 Å². The van der Waals surface area contributed by atoms with Gasteiger partial charge in [-0.05, 0) is 42.3 Å². The first-order valence-electron chi connectivity index (χ1n) is 9.64. The first-order chi connectivity index (χ1) is 14.4. The van der Waals surface area contributed by atoms with E-state index < -0.39 is 11.9 Å². The van der Waals surface area contributed by atoms with Crippen molar-refractivity contribution < 1.29 is 23.7 Å². The summed E-state index contributed by atoms with van der Waals surface area (Å²) in [5.74, 6) is 1.59. The molecule has 0 amide bonds. The van der Waals surface area contributed by atoms with Crippen LogP contribution in [0, 0.1) is 5.82 Å². The Kier molecular flexibility index (Phi) is 11.4. The van der Waals surface area contributed by atoms with Gasteiger partial charge >= 0.3 is 0 Å². The van der Waals surface area contributed by atoms with E-state index >= 15 is 0 Å². The average Bonchev–Trinajstić information content (AvgIpc) is 2.75. The van der Waals surface area contributed by atoms with Crippen molar-refractivity contribution in [3.05, 3.63) is 53.3 Å². The van der Waals surface area contributed by atoms with Gasteiger partial charge < -0.3 is 29.5 Å². The van der Waals surface area contributed by atoms with Crippen molar-refractivity contribution in [3.63, 3.8) is 0 Å². The van der Waals surface area contributed by atoms with Gasteiger partial charge in [-0.3, -0.25) is 4.99 Å². The van der Waals surface area contributed by atoms with Crippen molar-refractivity contribution in [1.29, 1.82) is 0 Å². The van der Waals surface area contributed by atoms with Crippen LogP contribution in [0.2, 0.25) is 0 Å². The molecule has 0 saturated carbocycles. The summed E-state index contributed by atoms with van der Waals surface area (Å²) in [6.07, 6.45) is -0.838. The Bertz CT molecular complexity index is 844. The molecule has 7 nitrogen and oxygen atoms in total. The SMILES string of the molecule is CCNC(=NCC(O)c1cc(OC)cc(OC)c1)N(C)Cc1ccc(OC)c(F)c1.I. The fourth-order valence-corrected chi connectivity index (χ4v) is 2.93. The molecule has 9 heteroatoms. The lowest BCUT2D eigenvalue weighted by atomic mass is 10.1. The maximum atomic E-state index is 14.0. The minimum Gasteiger partial charge on any atom is -0.497 e. The molecule has 0 aliphatic heterocycles. The van der Waals surface area contributed by atoms with Crippen molar-refractivity contribution in [2.24, 2.45) is 4.99 Å². The summed E-state index contributed by atoms with van der Waals surface area (Å²) in [5.41, 5.74) is 1.42. The molecule has 31 heavy (non-hydrogen) atoms. The Morgan fingerprint density at radius 3 is 2.26 bits per heavy atom. The quantitative estimate of drug-likeness (QED) is 0.284. The summed E-state index contributed by atoms with van der Waals surface area (Å²) in [6, 6.07) is 10.1. The van der Waals surface area contributed by atoms with E-state index in [0.717, 1.165) is 5.56 Å². The van der Waals surface area contributed by atoms with Crippen LogP contribution in [0.15, 0.2) is 41.4 Å². The smallest absolute Gasteiger partial charge is 0.194 e. The number of hydrogen-bond acceptors (Lipinski definition) is 5. The summed E-state index contributed by atoms with van der Waals surface area (Å²) in [4.78, 5) is 6.40. The Balaban J connectivity index is 0.00000480.